The maximum atomic E-state index is 13.4. The quantitative estimate of drug-likeness (QED) is 0.0745. The number of ether oxygens (including phenoxy) is 4. The molecule has 12 heteroatoms. The highest BCUT2D eigenvalue weighted by molar-refractivity contribution is 14.1. The zero-order valence-corrected chi connectivity index (χ0v) is 27.2. The highest BCUT2D eigenvalue weighted by Gasteiger charge is 2.47. The van der Waals surface area contributed by atoms with Crippen LogP contribution in [0, 0.1) is 10.1 Å². The normalized spacial score (nSPS) is 21.8. The number of nitrogens with zero attached hydrogens (tertiary/aromatic N) is 1. The van der Waals surface area contributed by atoms with Gasteiger partial charge >= 0.3 is 0 Å². The van der Waals surface area contributed by atoms with Crippen LogP contribution >= 0.6 is 22.6 Å². The Kier molecular flexibility index (Phi) is 11.7. The molecule has 5 atom stereocenters. The molecule has 0 bridgehead atoms. The summed E-state index contributed by atoms with van der Waals surface area (Å²) in [5.41, 5.74) is 2.69. The molecule has 10 nitrogen and oxygen atoms in total. The van der Waals surface area contributed by atoms with Crippen molar-refractivity contribution in [3.63, 3.8) is 0 Å². The number of alkyl halides is 1. The number of nitro benzene ring substituents is 1. The first-order valence-corrected chi connectivity index (χ1v) is 17.0. The summed E-state index contributed by atoms with van der Waals surface area (Å²) in [5, 5.41) is 11.1. The molecule has 0 spiro atoms. The van der Waals surface area contributed by atoms with Crippen LogP contribution in [-0.2, 0) is 48.8 Å². The molecule has 1 N–H and O–H groups in total. The number of hydrogen-bond acceptors (Lipinski definition) is 8. The SMILES string of the molecule is O=[N+]([O-])c1ccc(S(=O)(=O)N[C@H]2O[C@H](COCc3ccccc3)[C@@H](OCc3ccccc3)[C@H](OCc3ccccc3)[C@@H]2I)cc1. The first-order chi connectivity index (χ1) is 21.8. The van der Waals surface area contributed by atoms with Gasteiger partial charge in [-0.15, -0.1) is 0 Å². The van der Waals surface area contributed by atoms with Gasteiger partial charge in [0, 0.05) is 12.1 Å². The summed E-state index contributed by atoms with van der Waals surface area (Å²) >= 11 is 2.14. The topological polar surface area (TPSA) is 126 Å². The van der Waals surface area contributed by atoms with E-state index < -0.39 is 43.4 Å². The van der Waals surface area contributed by atoms with Crippen LogP contribution in [0.15, 0.2) is 120 Å². The molecule has 0 unspecified atom stereocenters. The van der Waals surface area contributed by atoms with E-state index in [0.717, 1.165) is 28.8 Å². The van der Waals surface area contributed by atoms with Crippen LogP contribution in [0.1, 0.15) is 16.7 Å². The van der Waals surface area contributed by atoms with Crippen LogP contribution in [0.25, 0.3) is 0 Å². The predicted molar refractivity (Wildman–Crippen MR) is 176 cm³/mol. The van der Waals surface area contributed by atoms with Crippen LogP contribution in [-0.4, -0.2) is 48.4 Å². The van der Waals surface area contributed by atoms with Crippen LogP contribution in [0.4, 0.5) is 5.69 Å². The summed E-state index contributed by atoms with van der Waals surface area (Å²) in [6.45, 7) is 1.00. The second-order valence-electron chi connectivity index (χ2n) is 10.4. The van der Waals surface area contributed by atoms with E-state index in [1.807, 2.05) is 91.0 Å². The van der Waals surface area contributed by atoms with E-state index in [2.05, 4.69) is 27.3 Å². The number of non-ortho nitro benzene ring substituents is 1. The van der Waals surface area contributed by atoms with Gasteiger partial charge in [0.15, 0.2) is 0 Å². The molecular formula is C33H33IN2O8S. The smallest absolute Gasteiger partial charge is 0.269 e. The molecule has 4 aromatic carbocycles. The van der Waals surface area contributed by atoms with Crippen molar-refractivity contribution in [3.8, 4) is 0 Å². The minimum Gasteiger partial charge on any atom is -0.374 e. The molecule has 0 saturated carbocycles. The van der Waals surface area contributed by atoms with E-state index in [4.69, 9.17) is 18.9 Å². The predicted octanol–water partition coefficient (Wildman–Crippen LogP) is 5.79. The number of hydrogen-bond donors (Lipinski definition) is 1. The van der Waals surface area contributed by atoms with E-state index in [9.17, 15) is 18.5 Å². The molecule has 1 heterocycles. The Hall–Kier alpha value is -3.24. The van der Waals surface area contributed by atoms with Crippen molar-refractivity contribution in [1.82, 2.24) is 4.72 Å². The molecule has 1 aliphatic rings. The Morgan fingerprint density at radius 2 is 1.22 bits per heavy atom. The monoisotopic (exact) mass is 744 g/mol. The van der Waals surface area contributed by atoms with Crippen molar-refractivity contribution >= 4 is 38.3 Å². The average Bonchev–Trinajstić information content (AvgIpc) is 3.06. The standard InChI is InChI=1S/C33H33IN2O8S/c34-30-32(43-22-26-14-8-3-9-15-26)31(42-21-25-12-6-2-7-13-25)29(23-41-20-24-10-4-1-5-11-24)44-33(30)35-45(39,40)28-18-16-27(17-19-28)36(37)38/h1-19,29-33,35H,20-23H2/t29-,30+,31-,32-,33+/m1/s1. The Labute approximate surface area is 276 Å². The van der Waals surface area contributed by atoms with Gasteiger partial charge < -0.3 is 18.9 Å². The molecule has 4 aromatic rings. The van der Waals surface area contributed by atoms with Crippen molar-refractivity contribution in [2.45, 2.75) is 53.2 Å². The van der Waals surface area contributed by atoms with Crippen molar-refractivity contribution in [3.05, 3.63) is 142 Å². The maximum absolute atomic E-state index is 13.4. The van der Waals surface area contributed by atoms with Gasteiger partial charge in [0.05, 0.1) is 40.2 Å². The van der Waals surface area contributed by atoms with E-state index in [1.54, 1.807) is 0 Å². The first kappa shape index (κ1) is 33.1. The third-order valence-corrected chi connectivity index (χ3v) is 10.0. The highest BCUT2D eigenvalue weighted by atomic mass is 127. The zero-order valence-electron chi connectivity index (χ0n) is 24.2. The fourth-order valence-electron chi connectivity index (χ4n) is 4.89. The Bertz CT molecular complexity index is 1610. The summed E-state index contributed by atoms with van der Waals surface area (Å²) in [7, 11) is -4.13. The van der Waals surface area contributed by atoms with Crippen molar-refractivity contribution < 1.29 is 32.3 Å². The van der Waals surface area contributed by atoms with Gasteiger partial charge in [-0.3, -0.25) is 10.1 Å². The maximum Gasteiger partial charge on any atom is 0.269 e. The number of rotatable bonds is 14. The third-order valence-electron chi connectivity index (χ3n) is 7.21. The van der Waals surface area contributed by atoms with E-state index >= 15 is 0 Å². The second kappa shape index (κ2) is 15.9. The minimum absolute atomic E-state index is 0.110. The number of halogens is 1. The van der Waals surface area contributed by atoms with Crippen LogP contribution in [0.2, 0.25) is 0 Å². The lowest BCUT2D eigenvalue weighted by Crippen LogP contribution is -2.62. The Morgan fingerprint density at radius 1 is 0.733 bits per heavy atom. The number of nitrogens with one attached hydrogen (secondary N) is 1. The van der Waals surface area contributed by atoms with E-state index in [0.29, 0.717) is 6.61 Å². The van der Waals surface area contributed by atoms with Gasteiger partial charge in [-0.1, -0.05) is 114 Å². The summed E-state index contributed by atoms with van der Waals surface area (Å²) < 4.78 is 54.5. The Morgan fingerprint density at radius 3 is 1.73 bits per heavy atom. The van der Waals surface area contributed by atoms with Crippen molar-refractivity contribution in [2.24, 2.45) is 0 Å². The van der Waals surface area contributed by atoms with Gasteiger partial charge in [0.25, 0.3) is 5.69 Å². The van der Waals surface area contributed by atoms with Gasteiger partial charge in [0.1, 0.15) is 24.5 Å². The fraction of sp³-hybridized carbons (Fsp3) is 0.273. The first-order valence-electron chi connectivity index (χ1n) is 14.3. The molecule has 0 aliphatic carbocycles. The molecule has 1 fully saturated rings. The number of sulfonamides is 1. The zero-order chi connectivity index (χ0) is 31.6. The van der Waals surface area contributed by atoms with Gasteiger partial charge in [-0.25, -0.2) is 8.42 Å². The lowest BCUT2D eigenvalue weighted by atomic mass is 10.00. The molecule has 0 radical (unpaired) electrons. The molecule has 45 heavy (non-hydrogen) atoms. The van der Waals surface area contributed by atoms with Crippen LogP contribution in [0.5, 0.6) is 0 Å². The summed E-state index contributed by atoms with van der Waals surface area (Å²) in [6, 6.07) is 33.8. The summed E-state index contributed by atoms with van der Waals surface area (Å²) in [5.74, 6) is 0. The summed E-state index contributed by atoms with van der Waals surface area (Å²) in [4.78, 5) is 10.4. The average molecular weight is 745 g/mol. The number of benzene rings is 4. The third kappa shape index (κ3) is 9.16. The highest BCUT2D eigenvalue weighted by Crippen LogP contribution is 2.33. The molecule has 1 aliphatic heterocycles. The molecule has 1 saturated heterocycles. The van der Waals surface area contributed by atoms with Crippen LogP contribution < -0.4 is 4.72 Å². The van der Waals surface area contributed by atoms with Gasteiger partial charge in [-0.05, 0) is 28.8 Å². The van der Waals surface area contributed by atoms with Crippen molar-refractivity contribution in [1.29, 1.82) is 0 Å². The molecule has 0 amide bonds. The second-order valence-corrected chi connectivity index (χ2v) is 13.6. The molecular weight excluding hydrogens is 711 g/mol. The van der Waals surface area contributed by atoms with Gasteiger partial charge in [0.2, 0.25) is 10.0 Å². The minimum atomic E-state index is -4.13. The Balaban J connectivity index is 1.40. The lowest BCUT2D eigenvalue weighted by Gasteiger charge is -2.44. The largest absolute Gasteiger partial charge is 0.374 e. The molecule has 0 aromatic heterocycles. The fourth-order valence-corrected chi connectivity index (χ4v) is 7.24. The van der Waals surface area contributed by atoms with Crippen LogP contribution in [0.3, 0.4) is 0 Å². The van der Waals surface area contributed by atoms with Gasteiger partial charge in [-0.2, -0.15) is 4.72 Å². The lowest BCUT2D eigenvalue weighted by molar-refractivity contribution is -0.384. The van der Waals surface area contributed by atoms with E-state index in [-0.39, 0.29) is 30.4 Å². The van der Waals surface area contributed by atoms with Crippen molar-refractivity contribution in [2.75, 3.05) is 6.61 Å². The summed E-state index contributed by atoms with van der Waals surface area (Å²) in [6.07, 6.45) is -2.92. The van der Waals surface area contributed by atoms with E-state index in [1.165, 1.54) is 12.1 Å². The molecule has 5 rings (SSSR count). The molecule has 236 valence electrons. The number of nitro groups is 1.